The summed E-state index contributed by atoms with van der Waals surface area (Å²) in [7, 11) is 0. The summed E-state index contributed by atoms with van der Waals surface area (Å²) in [5.41, 5.74) is 5.36. The molecule has 0 unspecified atom stereocenters. The van der Waals surface area contributed by atoms with Gasteiger partial charge in [-0.05, 0) is 86.3 Å². The summed E-state index contributed by atoms with van der Waals surface area (Å²) in [6.45, 7) is 4.30. The van der Waals surface area contributed by atoms with Gasteiger partial charge >= 0.3 is 0 Å². The Bertz CT molecular complexity index is 1600. The smallest absolute Gasteiger partial charge is 0.271 e. The van der Waals surface area contributed by atoms with Gasteiger partial charge in [0.2, 0.25) is 0 Å². The fourth-order valence-corrected chi connectivity index (χ4v) is 5.73. The Balaban J connectivity index is 1.50. The van der Waals surface area contributed by atoms with Crippen LogP contribution in [0.4, 0.5) is 11.4 Å². The first-order chi connectivity index (χ1) is 18.8. The van der Waals surface area contributed by atoms with Gasteiger partial charge in [0.25, 0.3) is 5.91 Å². The Labute approximate surface area is 250 Å². The number of carbonyl (C=O) groups excluding carboxylic acids is 1. The topological polar surface area (TPSA) is 41.9 Å². The molecule has 4 aromatic carbocycles. The number of amidine groups is 1. The van der Waals surface area contributed by atoms with Crippen molar-refractivity contribution in [2.24, 2.45) is 4.99 Å². The maximum absolute atomic E-state index is 13.8. The highest BCUT2D eigenvalue weighted by atomic mass is 79.9. The summed E-state index contributed by atoms with van der Waals surface area (Å²) in [5, 5.41) is 1.69. The molecule has 0 bridgehead atoms. The minimum Gasteiger partial charge on any atom is -0.488 e. The van der Waals surface area contributed by atoms with Gasteiger partial charge in [0.05, 0.1) is 16.3 Å². The summed E-state index contributed by atoms with van der Waals surface area (Å²) >= 11 is 17.3. The zero-order valence-corrected chi connectivity index (χ0v) is 25.0. The van der Waals surface area contributed by atoms with Crippen LogP contribution in [0.25, 0.3) is 6.08 Å². The van der Waals surface area contributed by atoms with Crippen LogP contribution in [0.15, 0.2) is 99.3 Å². The first-order valence-corrected chi connectivity index (χ1v) is 14.5. The molecular formula is C31H23BrCl2N2O2S. The van der Waals surface area contributed by atoms with Crippen molar-refractivity contribution in [3.05, 3.63) is 127 Å². The second-order valence-corrected chi connectivity index (χ2v) is 11.8. The van der Waals surface area contributed by atoms with Crippen molar-refractivity contribution >= 4 is 79.4 Å². The van der Waals surface area contributed by atoms with Gasteiger partial charge in [-0.3, -0.25) is 9.69 Å². The van der Waals surface area contributed by atoms with Crippen LogP contribution in [0, 0.1) is 13.8 Å². The lowest BCUT2D eigenvalue weighted by atomic mass is 10.1. The lowest BCUT2D eigenvalue weighted by molar-refractivity contribution is -0.113. The molecule has 1 aliphatic rings. The molecule has 0 atom stereocenters. The Morgan fingerprint density at radius 1 is 0.923 bits per heavy atom. The number of anilines is 1. The van der Waals surface area contributed by atoms with E-state index in [4.69, 9.17) is 32.9 Å². The van der Waals surface area contributed by atoms with Crippen LogP contribution in [0.3, 0.4) is 0 Å². The van der Waals surface area contributed by atoms with E-state index in [2.05, 4.69) is 15.9 Å². The van der Waals surface area contributed by atoms with Gasteiger partial charge in [0.1, 0.15) is 12.4 Å². The van der Waals surface area contributed by atoms with Crippen molar-refractivity contribution in [3.8, 4) is 5.75 Å². The number of benzene rings is 4. The molecule has 5 rings (SSSR count). The lowest BCUT2D eigenvalue weighted by Crippen LogP contribution is -2.28. The van der Waals surface area contributed by atoms with Crippen molar-refractivity contribution < 1.29 is 9.53 Å². The molecule has 1 heterocycles. The fraction of sp³-hybridized carbons (Fsp3) is 0.0968. The third-order valence-electron chi connectivity index (χ3n) is 6.01. The second-order valence-electron chi connectivity index (χ2n) is 9.02. The predicted octanol–water partition coefficient (Wildman–Crippen LogP) is 9.76. The van der Waals surface area contributed by atoms with Gasteiger partial charge in [0, 0.05) is 25.6 Å². The molecule has 196 valence electrons. The molecule has 1 amide bonds. The monoisotopic (exact) mass is 636 g/mol. The molecule has 4 nitrogen and oxygen atoms in total. The van der Waals surface area contributed by atoms with Crippen LogP contribution in [-0.4, -0.2) is 11.1 Å². The van der Waals surface area contributed by atoms with Gasteiger partial charge in [-0.15, -0.1) is 0 Å². The maximum Gasteiger partial charge on any atom is 0.271 e. The standard InChI is InChI=1S/C31H23BrCl2N2O2S/c1-19-3-10-25(11-4-19)35-31-36(26-12-5-20(2)6-13-26)30(37)29(39-31)16-22-15-23(32)8-14-28(22)38-18-21-7-9-24(33)17-27(21)34/h3-17H,18H2,1-2H3/b29-16-,35-31?. The largest absolute Gasteiger partial charge is 0.488 e. The number of aliphatic imine (C=N–C) groups is 1. The molecule has 1 saturated heterocycles. The fourth-order valence-electron chi connectivity index (χ4n) is 3.90. The number of carbonyl (C=O) groups is 1. The minimum absolute atomic E-state index is 0.151. The van der Waals surface area contributed by atoms with E-state index in [0.717, 1.165) is 38.1 Å². The SMILES string of the molecule is Cc1ccc(N=C2S/C(=C\c3cc(Br)ccc3OCc3ccc(Cl)cc3Cl)C(=O)N2c2ccc(C)cc2)cc1. The average molecular weight is 638 g/mol. The average Bonchev–Trinajstić information content (AvgIpc) is 3.20. The van der Waals surface area contributed by atoms with E-state index < -0.39 is 0 Å². The van der Waals surface area contributed by atoms with Crippen LogP contribution in [0.1, 0.15) is 22.3 Å². The number of thioether (sulfide) groups is 1. The van der Waals surface area contributed by atoms with Gasteiger partial charge in [0.15, 0.2) is 5.17 Å². The highest BCUT2D eigenvalue weighted by Gasteiger charge is 2.35. The van der Waals surface area contributed by atoms with Crippen LogP contribution < -0.4 is 9.64 Å². The third kappa shape index (κ3) is 6.59. The molecule has 0 aliphatic carbocycles. The molecule has 0 radical (unpaired) electrons. The molecule has 0 aromatic heterocycles. The summed E-state index contributed by atoms with van der Waals surface area (Å²) in [6, 6.07) is 26.7. The molecule has 8 heteroatoms. The quantitative estimate of drug-likeness (QED) is 0.198. The summed E-state index contributed by atoms with van der Waals surface area (Å²) in [5.74, 6) is 0.470. The molecule has 0 spiro atoms. The zero-order valence-electron chi connectivity index (χ0n) is 21.1. The lowest BCUT2D eigenvalue weighted by Gasteiger charge is -2.16. The molecular weight excluding hydrogens is 615 g/mol. The normalized spacial score (nSPS) is 15.4. The van der Waals surface area contributed by atoms with Gasteiger partial charge in [-0.2, -0.15) is 0 Å². The number of halogens is 3. The minimum atomic E-state index is -0.151. The highest BCUT2D eigenvalue weighted by Crippen LogP contribution is 2.39. The molecule has 39 heavy (non-hydrogen) atoms. The molecule has 1 fully saturated rings. The first-order valence-electron chi connectivity index (χ1n) is 12.1. The van der Waals surface area contributed by atoms with Gasteiger partial charge < -0.3 is 4.74 Å². The number of aryl methyl sites for hydroxylation is 2. The number of amides is 1. The van der Waals surface area contributed by atoms with Crippen LogP contribution >= 0.6 is 50.9 Å². The van der Waals surface area contributed by atoms with Crippen molar-refractivity contribution in [1.82, 2.24) is 0 Å². The number of hydrogen-bond acceptors (Lipinski definition) is 4. The van der Waals surface area contributed by atoms with E-state index >= 15 is 0 Å². The third-order valence-corrected chi connectivity index (χ3v) is 8.06. The maximum atomic E-state index is 13.8. The Morgan fingerprint density at radius 3 is 2.31 bits per heavy atom. The zero-order chi connectivity index (χ0) is 27.5. The van der Waals surface area contributed by atoms with E-state index in [1.165, 1.54) is 11.8 Å². The van der Waals surface area contributed by atoms with Crippen molar-refractivity contribution in [3.63, 3.8) is 0 Å². The number of ether oxygens (including phenoxy) is 1. The van der Waals surface area contributed by atoms with Crippen molar-refractivity contribution in [1.29, 1.82) is 0 Å². The summed E-state index contributed by atoms with van der Waals surface area (Å²) in [6.07, 6.45) is 1.84. The van der Waals surface area contributed by atoms with E-state index in [9.17, 15) is 4.79 Å². The van der Waals surface area contributed by atoms with Gasteiger partial charge in [-0.25, -0.2) is 4.99 Å². The molecule has 0 N–H and O–H groups in total. The summed E-state index contributed by atoms with van der Waals surface area (Å²) < 4.78 is 7.01. The Morgan fingerprint density at radius 2 is 1.62 bits per heavy atom. The predicted molar refractivity (Wildman–Crippen MR) is 167 cm³/mol. The van der Waals surface area contributed by atoms with Crippen LogP contribution in [0.5, 0.6) is 5.75 Å². The number of rotatable bonds is 6. The molecule has 4 aromatic rings. The van der Waals surface area contributed by atoms with E-state index in [0.29, 0.717) is 25.9 Å². The number of hydrogen-bond donors (Lipinski definition) is 0. The number of nitrogens with zero attached hydrogens (tertiary/aromatic N) is 2. The van der Waals surface area contributed by atoms with Crippen LogP contribution in [0.2, 0.25) is 10.0 Å². The highest BCUT2D eigenvalue weighted by molar-refractivity contribution is 9.10. The van der Waals surface area contributed by atoms with Crippen LogP contribution in [-0.2, 0) is 11.4 Å². The second kappa shape index (κ2) is 12.0. The van der Waals surface area contributed by atoms with E-state index in [1.807, 2.05) is 92.7 Å². The Hall–Kier alpha value is -3.03. The van der Waals surface area contributed by atoms with Crippen molar-refractivity contribution in [2.45, 2.75) is 20.5 Å². The molecule has 0 saturated carbocycles. The molecule has 1 aliphatic heterocycles. The van der Waals surface area contributed by atoms with Gasteiger partial charge in [-0.1, -0.05) is 80.6 Å². The van der Waals surface area contributed by atoms with E-state index in [1.54, 1.807) is 17.0 Å². The first kappa shape index (κ1) is 27.5. The van der Waals surface area contributed by atoms with Crippen molar-refractivity contribution in [2.75, 3.05) is 4.90 Å². The summed E-state index contributed by atoms with van der Waals surface area (Å²) in [4.78, 5) is 20.8. The van der Waals surface area contributed by atoms with E-state index in [-0.39, 0.29) is 12.5 Å². The Kier molecular flexibility index (Phi) is 8.48.